The van der Waals surface area contributed by atoms with Crippen LogP contribution in [0.4, 0.5) is 0 Å². The predicted octanol–water partition coefficient (Wildman–Crippen LogP) is 1.50. The molecule has 0 aliphatic carbocycles. The van der Waals surface area contributed by atoms with Gasteiger partial charge in [-0.05, 0) is 6.42 Å². The highest BCUT2D eigenvalue weighted by atomic mass is 16.5. The van der Waals surface area contributed by atoms with Crippen molar-refractivity contribution in [1.82, 2.24) is 0 Å². The summed E-state index contributed by atoms with van der Waals surface area (Å²) in [5.41, 5.74) is 0. The lowest BCUT2D eigenvalue weighted by Gasteiger charge is -1.96. The highest BCUT2D eigenvalue weighted by Gasteiger charge is 2.20. The van der Waals surface area contributed by atoms with E-state index in [0.29, 0.717) is 6.42 Å². The molecule has 0 N–H and O–H groups in total. The maximum atomic E-state index is 10.6. The molecule has 1 saturated heterocycles. The highest BCUT2D eigenvalue weighted by Crippen LogP contribution is 2.12. The quantitative estimate of drug-likeness (QED) is 0.420. The molecular formula is C9H12O2. The topological polar surface area (TPSA) is 26.3 Å². The summed E-state index contributed by atoms with van der Waals surface area (Å²) in [6, 6.07) is 0. The van der Waals surface area contributed by atoms with Gasteiger partial charge in [0.05, 0.1) is 6.42 Å². The molecular weight excluding hydrogens is 140 g/mol. The summed E-state index contributed by atoms with van der Waals surface area (Å²) in [6.07, 6.45) is 3.15. The monoisotopic (exact) mass is 152 g/mol. The molecule has 1 fully saturated rings. The van der Waals surface area contributed by atoms with Crippen LogP contribution < -0.4 is 0 Å². The number of carbonyl (C=O) groups is 1. The minimum absolute atomic E-state index is 0.110. The first-order valence-electron chi connectivity index (χ1n) is 4.01. The van der Waals surface area contributed by atoms with Crippen LogP contribution in [0, 0.1) is 11.8 Å². The van der Waals surface area contributed by atoms with Crippen molar-refractivity contribution < 1.29 is 9.53 Å². The van der Waals surface area contributed by atoms with Crippen LogP contribution in [-0.2, 0) is 9.53 Å². The second kappa shape index (κ2) is 4.02. The zero-order chi connectivity index (χ0) is 8.10. The Morgan fingerprint density at radius 1 is 1.73 bits per heavy atom. The summed E-state index contributed by atoms with van der Waals surface area (Å²) in [6.45, 7) is 2.08. The smallest absolute Gasteiger partial charge is 0.307 e. The van der Waals surface area contributed by atoms with Crippen LogP contribution in [0.5, 0.6) is 0 Å². The number of cyclic esters (lactones) is 1. The third-order valence-electron chi connectivity index (χ3n) is 1.52. The molecule has 0 bridgehead atoms. The van der Waals surface area contributed by atoms with Crippen molar-refractivity contribution in [3.05, 3.63) is 0 Å². The fourth-order valence-electron chi connectivity index (χ4n) is 0.938. The van der Waals surface area contributed by atoms with E-state index in [1.54, 1.807) is 0 Å². The Morgan fingerprint density at radius 2 is 2.55 bits per heavy atom. The molecule has 1 rings (SSSR count). The number of rotatable bonds is 1. The standard InChI is InChI=1S/C9H12O2/c1-2-3-4-5-8-6-7-9(10)11-8/h8H,2-3,6-7H2,1H3/t8-/m1/s1. The third-order valence-corrected chi connectivity index (χ3v) is 1.52. The minimum atomic E-state index is -0.117. The van der Waals surface area contributed by atoms with E-state index < -0.39 is 0 Å². The average molecular weight is 152 g/mol. The normalized spacial score (nSPS) is 22.3. The van der Waals surface area contributed by atoms with Gasteiger partial charge in [-0.3, -0.25) is 4.79 Å². The lowest BCUT2D eigenvalue weighted by molar-refractivity contribution is -0.139. The molecule has 2 nitrogen and oxygen atoms in total. The molecule has 0 aromatic rings. The van der Waals surface area contributed by atoms with E-state index in [0.717, 1.165) is 19.3 Å². The van der Waals surface area contributed by atoms with Gasteiger partial charge in [-0.15, -0.1) is 0 Å². The molecule has 2 heteroatoms. The lowest BCUT2D eigenvalue weighted by Crippen LogP contribution is -2.02. The van der Waals surface area contributed by atoms with Gasteiger partial charge in [0.2, 0.25) is 0 Å². The second-order valence-electron chi connectivity index (χ2n) is 2.59. The molecule has 0 aromatic heterocycles. The Labute approximate surface area is 66.9 Å². The first kappa shape index (κ1) is 8.13. The molecule has 0 amide bonds. The average Bonchev–Trinajstić information content (AvgIpc) is 2.37. The highest BCUT2D eigenvalue weighted by molar-refractivity contribution is 5.72. The van der Waals surface area contributed by atoms with E-state index in [9.17, 15) is 4.79 Å². The molecule has 0 radical (unpaired) electrons. The Morgan fingerprint density at radius 3 is 3.09 bits per heavy atom. The van der Waals surface area contributed by atoms with Crippen molar-refractivity contribution in [3.8, 4) is 11.8 Å². The molecule has 60 valence electrons. The number of esters is 1. The summed E-state index contributed by atoms with van der Waals surface area (Å²) in [5, 5.41) is 0. The molecule has 0 saturated carbocycles. The fourth-order valence-corrected chi connectivity index (χ4v) is 0.938. The first-order valence-corrected chi connectivity index (χ1v) is 4.01. The summed E-state index contributed by atoms with van der Waals surface area (Å²) in [7, 11) is 0. The van der Waals surface area contributed by atoms with Crippen molar-refractivity contribution in [1.29, 1.82) is 0 Å². The van der Waals surface area contributed by atoms with E-state index in [4.69, 9.17) is 4.74 Å². The number of unbranched alkanes of at least 4 members (excludes halogenated alkanes) is 1. The molecule has 1 heterocycles. The maximum absolute atomic E-state index is 10.6. The number of carbonyl (C=O) groups excluding carboxylic acids is 1. The van der Waals surface area contributed by atoms with Crippen molar-refractivity contribution in [2.75, 3.05) is 0 Å². The zero-order valence-electron chi connectivity index (χ0n) is 6.72. The third kappa shape index (κ3) is 2.63. The number of ether oxygens (including phenoxy) is 1. The number of hydrogen-bond acceptors (Lipinski definition) is 2. The fraction of sp³-hybridized carbons (Fsp3) is 0.667. The van der Waals surface area contributed by atoms with Gasteiger partial charge in [0.15, 0.2) is 6.10 Å². The molecule has 11 heavy (non-hydrogen) atoms. The van der Waals surface area contributed by atoms with Crippen molar-refractivity contribution in [3.63, 3.8) is 0 Å². The van der Waals surface area contributed by atoms with E-state index in [1.807, 2.05) is 0 Å². The Bertz CT molecular complexity index is 197. The van der Waals surface area contributed by atoms with Gasteiger partial charge in [-0.25, -0.2) is 0 Å². The van der Waals surface area contributed by atoms with E-state index >= 15 is 0 Å². The van der Waals surface area contributed by atoms with Crippen LogP contribution in [0.2, 0.25) is 0 Å². The summed E-state index contributed by atoms with van der Waals surface area (Å²) < 4.78 is 4.90. The van der Waals surface area contributed by atoms with E-state index in [1.165, 1.54) is 0 Å². The van der Waals surface area contributed by atoms with E-state index in [-0.39, 0.29) is 12.1 Å². The largest absolute Gasteiger partial charge is 0.449 e. The van der Waals surface area contributed by atoms with Crippen LogP contribution >= 0.6 is 0 Å². The minimum Gasteiger partial charge on any atom is -0.449 e. The van der Waals surface area contributed by atoms with Gasteiger partial charge in [0.25, 0.3) is 0 Å². The number of hydrogen-bond donors (Lipinski definition) is 0. The van der Waals surface area contributed by atoms with Gasteiger partial charge < -0.3 is 4.74 Å². The van der Waals surface area contributed by atoms with Crippen molar-refractivity contribution in [2.45, 2.75) is 38.7 Å². The molecule has 0 spiro atoms. The van der Waals surface area contributed by atoms with Crippen LogP contribution in [0.3, 0.4) is 0 Å². The Balaban J connectivity index is 2.29. The van der Waals surface area contributed by atoms with Crippen LogP contribution in [0.25, 0.3) is 0 Å². The molecule has 1 atom stereocenters. The van der Waals surface area contributed by atoms with Crippen molar-refractivity contribution in [2.24, 2.45) is 0 Å². The first-order chi connectivity index (χ1) is 5.33. The summed E-state index contributed by atoms with van der Waals surface area (Å²) in [5.74, 6) is 5.78. The van der Waals surface area contributed by atoms with Gasteiger partial charge in [0, 0.05) is 12.8 Å². The van der Waals surface area contributed by atoms with Crippen molar-refractivity contribution >= 4 is 5.97 Å². The lowest BCUT2D eigenvalue weighted by atomic mass is 10.2. The summed E-state index contributed by atoms with van der Waals surface area (Å²) >= 11 is 0. The van der Waals surface area contributed by atoms with Gasteiger partial charge in [0.1, 0.15) is 0 Å². The molecule has 1 aliphatic heterocycles. The SMILES string of the molecule is CCCC#C[C@@H]1CCC(=O)O1. The molecule has 0 unspecified atom stereocenters. The van der Waals surface area contributed by atoms with Gasteiger partial charge >= 0.3 is 5.97 Å². The van der Waals surface area contributed by atoms with Crippen LogP contribution in [0.15, 0.2) is 0 Å². The zero-order valence-corrected chi connectivity index (χ0v) is 6.72. The van der Waals surface area contributed by atoms with Crippen LogP contribution in [0.1, 0.15) is 32.6 Å². The Hall–Kier alpha value is -0.970. The maximum Gasteiger partial charge on any atom is 0.307 e. The molecule has 0 aromatic carbocycles. The van der Waals surface area contributed by atoms with Crippen LogP contribution in [-0.4, -0.2) is 12.1 Å². The Kier molecular flexibility index (Phi) is 2.97. The predicted molar refractivity (Wildman–Crippen MR) is 41.8 cm³/mol. The van der Waals surface area contributed by atoms with E-state index in [2.05, 4.69) is 18.8 Å². The van der Waals surface area contributed by atoms with Gasteiger partial charge in [-0.2, -0.15) is 0 Å². The second-order valence-corrected chi connectivity index (χ2v) is 2.59. The molecule has 1 aliphatic rings. The summed E-state index contributed by atoms with van der Waals surface area (Å²) in [4.78, 5) is 10.6. The van der Waals surface area contributed by atoms with Gasteiger partial charge in [-0.1, -0.05) is 18.8 Å².